The summed E-state index contributed by atoms with van der Waals surface area (Å²) >= 11 is 5.75. The Bertz CT molecular complexity index is 508. The summed E-state index contributed by atoms with van der Waals surface area (Å²) in [5.74, 6) is -0.683. The number of ether oxygens (including phenoxy) is 1. The van der Waals surface area contributed by atoms with E-state index in [4.69, 9.17) is 16.3 Å². The molecule has 0 saturated carbocycles. The molecular weight excluding hydrogens is 266 g/mol. The highest BCUT2D eigenvalue weighted by atomic mass is 35.5. The minimum absolute atomic E-state index is 0.193. The number of carbonyl (C=O) groups excluding carboxylic acids is 1. The first-order chi connectivity index (χ1) is 9.07. The molecule has 100 valence electrons. The molecule has 0 spiro atoms. The van der Waals surface area contributed by atoms with Gasteiger partial charge in [0.2, 0.25) is 0 Å². The number of halogens is 1. The number of esters is 1. The van der Waals surface area contributed by atoms with Crippen molar-refractivity contribution in [1.82, 2.24) is 0 Å². The Morgan fingerprint density at radius 2 is 2.05 bits per heavy atom. The highest BCUT2D eigenvalue weighted by Crippen LogP contribution is 2.22. The highest BCUT2D eigenvalue weighted by molar-refractivity contribution is 6.30. The van der Waals surface area contributed by atoms with Gasteiger partial charge in [0.1, 0.15) is 6.07 Å². The average molecular weight is 280 g/mol. The Morgan fingerprint density at radius 1 is 1.42 bits per heavy atom. The predicted octanol–water partition coefficient (Wildman–Crippen LogP) is 3.66. The van der Waals surface area contributed by atoms with E-state index in [0.29, 0.717) is 10.7 Å². The standard InChI is InChI=1S/C13H14ClN3O2/c1-3-13(9-15,12(18)19-4-2)17-16-11-7-5-10(14)6-8-11/h5-8H,3-4H2,1-2H3. The summed E-state index contributed by atoms with van der Waals surface area (Å²) in [7, 11) is 0. The number of nitriles is 1. The van der Waals surface area contributed by atoms with Crippen LogP contribution in [0.5, 0.6) is 0 Å². The van der Waals surface area contributed by atoms with E-state index in [-0.39, 0.29) is 13.0 Å². The smallest absolute Gasteiger partial charge is 0.350 e. The molecule has 1 aromatic carbocycles. The summed E-state index contributed by atoms with van der Waals surface area (Å²) in [6.45, 7) is 3.55. The highest BCUT2D eigenvalue weighted by Gasteiger charge is 2.39. The third-order valence-corrected chi connectivity index (χ3v) is 2.72. The van der Waals surface area contributed by atoms with E-state index in [1.165, 1.54) is 0 Å². The van der Waals surface area contributed by atoms with Gasteiger partial charge in [-0.1, -0.05) is 18.5 Å². The van der Waals surface area contributed by atoms with Gasteiger partial charge >= 0.3 is 5.97 Å². The number of rotatable bonds is 5. The number of carbonyl (C=O) groups is 1. The van der Waals surface area contributed by atoms with Crippen LogP contribution in [-0.2, 0) is 9.53 Å². The maximum Gasteiger partial charge on any atom is 0.350 e. The Kier molecular flexibility index (Phi) is 5.46. The first-order valence-electron chi connectivity index (χ1n) is 5.85. The molecule has 5 nitrogen and oxygen atoms in total. The lowest BCUT2D eigenvalue weighted by atomic mass is 10.00. The molecule has 0 heterocycles. The minimum Gasteiger partial charge on any atom is -0.463 e. The van der Waals surface area contributed by atoms with Gasteiger partial charge in [0.25, 0.3) is 5.54 Å². The molecule has 0 fully saturated rings. The van der Waals surface area contributed by atoms with Gasteiger partial charge in [-0.15, -0.1) is 0 Å². The molecule has 0 bridgehead atoms. The average Bonchev–Trinajstić information content (AvgIpc) is 2.43. The number of benzene rings is 1. The van der Waals surface area contributed by atoms with Crippen LogP contribution in [0.2, 0.25) is 5.02 Å². The van der Waals surface area contributed by atoms with Crippen molar-refractivity contribution < 1.29 is 9.53 Å². The molecule has 1 aromatic rings. The van der Waals surface area contributed by atoms with Crippen LogP contribution in [0.3, 0.4) is 0 Å². The zero-order valence-electron chi connectivity index (χ0n) is 10.8. The molecule has 0 aliphatic heterocycles. The molecule has 1 unspecified atom stereocenters. The second kappa shape index (κ2) is 6.86. The molecule has 0 aliphatic carbocycles. The topological polar surface area (TPSA) is 74.8 Å². The Hall–Kier alpha value is -1.93. The molecule has 1 atom stereocenters. The molecule has 19 heavy (non-hydrogen) atoms. The predicted molar refractivity (Wildman–Crippen MR) is 71.2 cm³/mol. The van der Waals surface area contributed by atoms with Gasteiger partial charge in [0, 0.05) is 5.02 Å². The van der Waals surface area contributed by atoms with Crippen molar-refractivity contribution in [2.75, 3.05) is 6.61 Å². The number of azo groups is 1. The second-order valence-corrected chi connectivity index (χ2v) is 4.16. The van der Waals surface area contributed by atoms with Gasteiger partial charge in [0.05, 0.1) is 12.3 Å². The first kappa shape index (κ1) is 15.1. The Balaban J connectivity index is 2.99. The SMILES string of the molecule is CCOC(=O)C(C#N)(CC)N=Nc1ccc(Cl)cc1. The van der Waals surface area contributed by atoms with E-state index in [2.05, 4.69) is 10.2 Å². The fourth-order valence-electron chi connectivity index (χ4n) is 1.30. The van der Waals surface area contributed by atoms with Crippen LogP contribution in [0.4, 0.5) is 5.69 Å². The Labute approximate surface area is 116 Å². The molecule has 0 saturated heterocycles. The lowest BCUT2D eigenvalue weighted by Gasteiger charge is -2.16. The van der Waals surface area contributed by atoms with Gasteiger partial charge in [-0.2, -0.15) is 15.5 Å². The summed E-state index contributed by atoms with van der Waals surface area (Å²) in [6.07, 6.45) is 0.194. The summed E-state index contributed by atoms with van der Waals surface area (Å²) in [5.41, 5.74) is -1.07. The van der Waals surface area contributed by atoms with Crippen LogP contribution in [0.15, 0.2) is 34.5 Å². The fraction of sp³-hybridized carbons (Fsp3) is 0.385. The van der Waals surface area contributed by atoms with Crippen LogP contribution >= 0.6 is 11.6 Å². The van der Waals surface area contributed by atoms with Crippen molar-refractivity contribution in [3.63, 3.8) is 0 Å². The lowest BCUT2D eigenvalue weighted by molar-refractivity contribution is -0.147. The van der Waals surface area contributed by atoms with Crippen LogP contribution in [0.1, 0.15) is 20.3 Å². The van der Waals surface area contributed by atoms with Crippen LogP contribution in [-0.4, -0.2) is 18.1 Å². The zero-order valence-corrected chi connectivity index (χ0v) is 11.5. The summed E-state index contributed by atoms with van der Waals surface area (Å²) in [6, 6.07) is 8.47. The monoisotopic (exact) mass is 279 g/mol. The van der Waals surface area contributed by atoms with Crippen LogP contribution < -0.4 is 0 Å². The maximum absolute atomic E-state index is 11.8. The van der Waals surface area contributed by atoms with E-state index in [1.807, 2.05) is 6.07 Å². The van der Waals surface area contributed by atoms with Gasteiger partial charge in [-0.3, -0.25) is 0 Å². The van der Waals surface area contributed by atoms with Crippen molar-refractivity contribution >= 4 is 23.3 Å². The number of hydrogen-bond donors (Lipinski definition) is 0. The van der Waals surface area contributed by atoms with Crippen LogP contribution in [0.25, 0.3) is 0 Å². The van der Waals surface area contributed by atoms with Crippen molar-refractivity contribution in [1.29, 1.82) is 5.26 Å². The summed E-state index contributed by atoms with van der Waals surface area (Å²) < 4.78 is 4.86. The van der Waals surface area contributed by atoms with Gasteiger partial charge in [0.15, 0.2) is 0 Å². The molecule has 0 N–H and O–H groups in total. The quantitative estimate of drug-likeness (QED) is 0.610. The molecule has 0 amide bonds. The maximum atomic E-state index is 11.8. The van der Waals surface area contributed by atoms with E-state index in [0.717, 1.165) is 0 Å². The summed E-state index contributed by atoms with van der Waals surface area (Å²) in [5, 5.41) is 17.5. The molecule has 1 rings (SSSR count). The van der Waals surface area contributed by atoms with Gasteiger partial charge in [-0.25, -0.2) is 4.79 Å². The number of nitrogens with zero attached hydrogens (tertiary/aromatic N) is 3. The normalized spacial score (nSPS) is 13.8. The number of hydrogen-bond acceptors (Lipinski definition) is 5. The Morgan fingerprint density at radius 3 is 2.53 bits per heavy atom. The first-order valence-corrected chi connectivity index (χ1v) is 6.22. The van der Waals surface area contributed by atoms with E-state index >= 15 is 0 Å². The largest absolute Gasteiger partial charge is 0.463 e. The lowest BCUT2D eigenvalue weighted by Crippen LogP contribution is -2.35. The van der Waals surface area contributed by atoms with Crippen molar-refractivity contribution in [3.05, 3.63) is 29.3 Å². The van der Waals surface area contributed by atoms with Gasteiger partial charge < -0.3 is 4.74 Å². The van der Waals surface area contributed by atoms with Crippen molar-refractivity contribution in [2.24, 2.45) is 10.2 Å². The summed E-state index contributed by atoms with van der Waals surface area (Å²) in [4.78, 5) is 11.8. The zero-order chi connectivity index (χ0) is 14.3. The minimum atomic E-state index is -1.59. The fourth-order valence-corrected chi connectivity index (χ4v) is 1.43. The van der Waals surface area contributed by atoms with E-state index < -0.39 is 11.5 Å². The third kappa shape index (κ3) is 3.76. The third-order valence-electron chi connectivity index (χ3n) is 2.47. The molecule has 6 heteroatoms. The second-order valence-electron chi connectivity index (χ2n) is 3.72. The van der Waals surface area contributed by atoms with Gasteiger partial charge in [-0.05, 0) is 37.6 Å². The molecule has 0 aliphatic rings. The van der Waals surface area contributed by atoms with E-state index in [1.54, 1.807) is 38.1 Å². The van der Waals surface area contributed by atoms with Crippen molar-refractivity contribution in [2.45, 2.75) is 25.8 Å². The molecule has 0 aromatic heterocycles. The van der Waals surface area contributed by atoms with Crippen molar-refractivity contribution in [3.8, 4) is 6.07 Å². The molecular formula is C13H14ClN3O2. The van der Waals surface area contributed by atoms with E-state index in [9.17, 15) is 10.1 Å². The molecule has 0 radical (unpaired) electrons. The van der Waals surface area contributed by atoms with Crippen LogP contribution in [0, 0.1) is 11.3 Å².